The van der Waals surface area contributed by atoms with Gasteiger partial charge in [-0.3, -0.25) is 9.69 Å². The molecule has 0 atom stereocenters. The summed E-state index contributed by atoms with van der Waals surface area (Å²) in [6.07, 6.45) is 12.7. The van der Waals surface area contributed by atoms with Crippen LogP contribution in [0.5, 0.6) is 0 Å². The first kappa shape index (κ1) is 27.9. The van der Waals surface area contributed by atoms with Gasteiger partial charge in [-0.25, -0.2) is 0 Å². The molecule has 2 fully saturated rings. The van der Waals surface area contributed by atoms with Gasteiger partial charge >= 0.3 is 0 Å². The number of piperidine rings is 1. The van der Waals surface area contributed by atoms with Gasteiger partial charge in [0, 0.05) is 11.7 Å². The Morgan fingerprint density at radius 2 is 1.77 bits per heavy atom. The van der Waals surface area contributed by atoms with E-state index in [4.69, 9.17) is 0 Å². The topological polar surface area (TPSA) is 64.6 Å². The average molecular weight is 436 g/mol. The van der Waals surface area contributed by atoms with E-state index in [1.54, 1.807) is 19.9 Å². The third-order valence-electron chi connectivity index (χ3n) is 6.97. The van der Waals surface area contributed by atoms with Crippen LogP contribution in [0.25, 0.3) is 0 Å². The van der Waals surface area contributed by atoms with Gasteiger partial charge in [0.25, 0.3) is 0 Å². The number of amides is 1. The summed E-state index contributed by atoms with van der Waals surface area (Å²) in [5.41, 5.74) is -0.339. The molecule has 1 aliphatic heterocycles. The van der Waals surface area contributed by atoms with Crippen LogP contribution in [-0.2, 0) is 4.79 Å². The fourth-order valence-corrected chi connectivity index (χ4v) is 3.89. The van der Waals surface area contributed by atoms with Crippen LogP contribution in [0.4, 0.5) is 0 Å². The molecule has 1 saturated carbocycles. The van der Waals surface area contributed by atoms with Crippen molar-refractivity contribution in [2.75, 3.05) is 20.1 Å². The van der Waals surface area contributed by atoms with E-state index in [0.717, 1.165) is 31.8 Å². The first-order valence-electron chi connectivity index (χ1n) is 12.2. The summed E-state index contributed by atoms with van der Waals surface area (Å²) in [6, 6.07) is 0.410. The molecule has 1 heterocycles. The predicted molar refractivity (Wildman–Crippen MR) is 132 cm³/mol. The number of carbonyl (C=O) groups excluding carboxylic acids is 1. The number of aliphatic hydroxyl groups is 1. The zero-order valence-corrected chi connectivity index (χ0v) is 21.3. The minimum Gasteiger partial charge on any atom is -0.386 e. The zero-order chi connectivity index (χ0) is 23.7. The first-order chi connectivity index (χ1) is 14.4. The molecule has 3 N–H and O–H groups in total. The SMILES string of the molecule is C=C(/C=C(\C)NC(=O)C(C)(C)N(C)C1CCNCC1)C(C)(C)O.CCCCC1CCC1. The predicted octanol–water partition coefficient (Wildman–Crippen LogP) is 4.77. The van der Waals surface area contributed by atoms with E-state index in [1.807, 2.05) is 27.8 Å². The standard InChI is InChI=1S/C18H33N3O2.C8H16/c1-13(18(5,6)23)12-14(2)20-16(22)17(3,4)21(7)15-8-10-19-11-9-15;1-2-3-5-8-6-4-7-8/h12,15,19,23H,1,8-11H2,2-7H3,(H,20,22);8H,2-7H2,1H3/b14-12+;. The molecular weight excluding hydrogens is 386 g/mol. The van der Waals surface area contributed by atoms with Crippen molar-refractivity contribution >= 4 is 5.91 Å². The van der Waals surface area contributed by atoms with Crippen molar-refractivity contribution in [3.05, 3.63) is 23.9 Å². The van der Waals surface area contributed by atoms with Gasteiger partial charge in [-0.05, 0) is 85.2 Å². The lowest BCUT2D eigenvalue weighted by atomic mass is 9.82. The van der Waals surface area contributed by atoms with Gasteiger partial charge in [0.05, 0.1) is 11.1 Å². The highest BCUT2D eigenvalue weighted by molar-refractivity contribution is 5.86. The van der Waals surface area contributed by atoms with E-state index in [0.29, 0.717) is 17.3 Å². The van der Waals surface area contributed by atoms with Gasteiger partial charge < -0.3 is 15.7 Å². The van der Waals surface area contributed by atoms with Crippen molar-refractivity contribution in [1.82, 2.24) is 15.5 Å². The molecule has 2 rings (SSSR count). The molecule has 0 aromatic rings. The number of nitrogens with zero attached hydrogens (tertiary/aromatic N) is 1. The third-order valence-corrected chi connectivity index (χ3v) is 6.97. The van der Waals surface area contributed by atoms with Gasteiger partial charge in [0.15, 0.2) is 0 Å². The van der Waals surface area contributed by atoms with Crippen LogP contribution in [0, 0.1) is 5.92 Å². The first-order valence-corrected chi connectivity index (χ1v) is 12.2. The van der Waals surface area contributed by atoms with E-state index < -0.39 is 11.1 Å². The normalized spacial score (nSPS) is 18.8. The Labute approximate surface area is 191 Å². The number of likely N-dealkylation sites (N-methyl/N-ethyl adjacent to an activating group) is 1. The van der Waals surface area contributed by atoms with E-state index in [1.165, 1.54) is 38.5 Å². The lowest BCUT2D eigenvalue weighted by Gasteiger charge is -2.41. The molecule has 0 unspecified atom stereocenters. The summed E-state index contributed by atoms with van der Waals surface area (Å²) in [6.45, 7) is 17.2. The molecule has 1 amide bonds. The van der Waals surface area contributed by atoms with Crippen LogP contribution in [0.2, 0.25) is 0 Å². The smallest absolute Gasteiger partial charge is 0.244 e. The highest BCUT2D eigenvalue weighted by Crippen LogP contribution is 2.30. The minimum absolute atomic E-state index is 0.0455. The van der Waals surface area contributed by atoms with Crippen molar-refractivity contribution in [2.45, 2.75) is 110 Å². The van der Waals surface area contributed by atoms with Crippen LogP contribution >= 0.6 is 0 Å². The number of hydrogen-bond donors (Lipinski definition) is 3. The molecule has 0 aromatic carbocycles. The second-order valence-electron chi connectivity index (χ2n) is 10.5. The van der Waals surface area contributed by atoms with Gasteiger partial charge in [-0.1, -0.05) is 52.0 Å². The van der Waals surface area contributed by atoms with Crippen molar-refractivity contribution in [3.63, 3.8) is 0 Å². The van der Waals surface area contributed by atoms with Gasteiger partial charge in [0.2, 0.25) is 5.91 Å². The number of rotatable bonds is 9. The summed E-state index contributed by atoms with van der Waals surface area (Å²) >= 11 is 0. The number of allylic oxidation sites excluding steroid dienone is 1. The van der Waals surface area contributed by atoms with E-state index in [2.05, 4.69) is 29.0 Å². The fraction of sp³-hybridized carbons (Fsp3) is 0.808. The van der Waals surface area contributed by atoms with Crippen LogP contribution in [0.3, 0.4) is 0 Å². The summed E-state index contributed by atoms with van der Waals surface area (Å²) in [7, 11) is 2.02. The quantitative estimate of drug-likeness (QED) is 0.456. The molecule has 0 radical (unpaired) electrons. The Balaban J connectivity index is 0.000000500. The summed E-state index contributed by atoms with van der Waals surface area (Å²) in [5.74, 6) is 1.09. The Morgan fingerprint density at radius 1 is 1.19 bits per heavy atom. The van der Waals surface area contributed by atoms with E-state index in [-0.39, 0.29) is 5.91 Å². The molecule has 0 bridgehead atoms. The number of hydrogen-bond acceptors (Lipinski definition) is 4. The molecule has 0 spiro atoms. The molecule has 2 aliphatic rings. The molecule has 31 heavy (non-hydrogen) atoms. The summed E-state index contributed by atoms with van der Waals surface area (Å²) < 4.78 is 0. The average Bonchev–Trinajstić information content (AvgIpc) is 2.66. The zero-order valence-electron chi connectivity index (χ0n) is 21.3. The van der Waals surface area contributed by atoms with Crippen LogP contribution in [-0.4, -0.2) is 53.2 Å². The maximum Gasteiger partial charge on any atom is 0.244 e. The maximum absolute atomic E-state index is 12.7. The van der Waals surface area contributed by atoms with Gasteiger partial charge in [-0.15, -0.1) is 0 Å². The van der Waals surface area contributed by atoms with Crippen molar-refractivity contribution < 1.29 is 9.90 Å². The summed E-state index contributed by atoms with van der Waals surface area (Å²) in [4.78, 5) is 14.9. The Kier molecular flexibility index (Phi) is 11.5. The highest BCUT2D eigenvalue weighted by Gasteiger charge is 2.36. The Bertz CT molecular complexity index is 594. The van der Waals surface area contributed by atoms with Crippen LogP contribution in [0.1, 0.15) is 92.9 Å². The Morgan fingerprint density at radius 3 is 2.23 bits per heavy atom. The molecule has 180 valence electrons. The second-order valence-corrected chi connectivity index (χ2v) is 10.5. The lowest BCUT2D eigenvalue weighted by molar-refractivity contribution is -0.131. The van der Waals surface area contributed by atoms with Crippen molar-refractivity contribution in [3.8, 4) is 0 Å². The number of nitrogens with one attached hydrogen (secondary N) is 2. The Hall–Kier alpha value is -1.17. The lowest BCUT2D eigenvalue weighted by Crippen LogP contribution is -2.58. The highest BCUT2D eigenvalue weighted by atomic mass is 16.3. The minimum atomic E-state index is -0.993. The van der Waals surface area contributed by atoms with Gasteiger partial charge in [0.1, 0.15) is 0 Å². The third kappa shape index (κ3) is 9.46. The van der Waals surface area contributed by atoms with E-state index >= 15 is 0 Å². The molecular formula is C26H49N3O2. The molecule has 1 saturated heterocycles. The number of unbranched alkanes of at least 4 members (excludes halogenated alkanes) is 1. The molecule has 5 nitrogen and oxygen atoms in total. The van der Waals surface area contributed by atoms with Crippen LogP contribution < -0.4 is 10.6 Å². The van der Waals surface area contributed by atoms with Crippen LogP contribution in [0.15, 0.2) is 23.9 Å². The molecule has 5 heteroatoms. The largest absolute Gasteiger partial charge is 0.386 e. The van der Waals surface area contributed by atoms with Gasteiger partial charge in [-0.2, -0.15) is 0 Å². The maximum atomic E-state index is 12.7. The number of carbonyl (C=O) groups is 1. The van der Waals surface area contributed by atoms with E-state index in [9.17, 15) is 9.90 Å². The molecule has 0 aromatic heterocycles. The fourth-order valence-electron chi connectivity index (χ4n) is 3.89. The van der Waals surface area contributed by atoms with Crippen molar-refractivity contribution in [2.24, 2.45) is 5.92 Å². The summed E-state index contributed by atoms with van der Waals surface area (Å²) in [5, 5.41) is 16.2. The second kappa shape index (κ2) is 12.8. The molecule has 1 aliphatic carbocycles. The van der Waals surface area contributed by atoms with Crippen molar-refractivity contribution in [1.29, 1.82) is 0 Å². The monoisotopic (exact) mass is 435 g/mol.